The molecule has 2 aromatic heterocycles. The summed E-state index contributed by atoms with van der Waals surface area (Å²) in [4.78, 5) is 23.4. The molecule has 0 atom stereocenters. The van der Waals surface area contributed by atoms with Gasteiger partial charge in [0.1, 0.15) is 28.4 Å². The smallest absolute Gasteiger partial charge is 0.259 e. The summed E-state index contributed by atoms with van der Waals surface area (Å²) in [6.07, 6.45) is 0. The lowest BCUT2D eigenvalue weighted by Gasteiger charge is -2.44. The number of nitrogens with one attached hydrogen (secondary N) is 2. The van der Waals surface area contributed by atoms with Gasteiger partial charge < -0.3 is 20.2 Å². The zero-order chi connectivity index (χ0) is 23.3. The van der Waals surface area contributed by atoms with Crippen molar-refractivity contribution < 1.29 is 10.2 Å². The van der Waals surface area contributed by atoms with Crippen molar-refractivity contribution in [3.63, 3.8) is 0 Å². The summed E-state index contributed by atoms with van der Waals surface area (Å²) in [5, 5.41) is 22.6. The predicted octanol–water partition coefficient (Wildman–Crippen LogP) is 5.22. The molecule has 0 fully saturated rings. The van der Waals surface area contributed by atoms with E-state index in [1.165, 1.54) is 0 Å². The van der Waals surface area contributed by atoms with Gasteiger partial charge in [-0.1, -0.05) is 62.3 Å². The van der Waals surface area contributed by atoms with Crippen LogP contribution in [0.1, 0.15) is 79.1 Å². The van der Waals surface area contributed by atoms with Gasteiger partial charge in [0.15, 0.2) is 0 Å². The summed E-state index contributed by atoms with van der Waals surface area (Å²) in [6, 6.07) is 3.61. The number of aromatic nitrogens is 3. The molecule has 0 bridgehead atoms. The number of aromatic amines is 2. The summed E-state index contributed by atoms with van der Waals surface area (Å²) in [6.45, 7) is 18.8. The van der Waals surface area contributed by atoms with Gasteiger partial charge in [0, 0.05) is 22.2 Å². The lowest BCUT2D eigenvalue weighted by Crippen LogP contribution is -2.42. The van der Waals surface area contributed by atoms with Gasteiger partial charge in [-0.2, -0.15) is 0 Å². The van der Waals surface area contributed by atoms with Crippen molar-refractivity contribution in [2.75, 3.05) is 0 Å². The third-order valence-corrected chi connectivity index (χ3v) is 8.24. The molecule has 6 nitrogen and oxygen atoms in total. The van der Waals surface area contributed by atoms with Crippen LogP contribution in [0, 0.1) is 5.41 Å². The topological polar surface area (TPSA) is 102 Å². The van der Waals surface area contributed by atoms with Crippen molar-refractivity contribution in [2.24, 2.45) is 5.41 Å². The van der Waals surface area contributed by atoms with E-state index in [0.29, 0.717) is 16.9 Å². The standard InChI is InChI=1S/C25H33N3O3/c1-22(2,3)13-11-10-12(21(31)26-13)20-27-16-17(28-20)19(30)15-14(18(16)29)23(4,5)25(8,9)24(15,6)7/h10-11,29-30H,1-9H3,(H,26,31)(H,27,28). The second-order valence-corrected chi connectivity index (χ2v) is 11.5. The van der Waals surface area contributed by atoms with Gasteiger partial charge in [-0.05, 0) is 28.4 Å². The van der Waals surface area contributed by atoms with Gasteiger partial charge in [-0.15, -0.1) is 0 Å². The highest BCUT2D eigenvalue weighted by Gasteiger charge is 2.59. The number of H-pyrrole nitrogens is 2. The summed E-state index contributed by atoms with van der Waals surface area (Å²) in [7, 11) is 0. The molecule has 3 aromatic rings. The first kappa shape index (κ1) is 21.5. The Labute approximate surface area is 182 Å². The van der Waals surface area contributed by atoms with Gasteiger partial charge >= 0.3 is 0 Å². The number of fused-ring (bicyclic) bond motifs is 2. The van der Waals surface area contributed by atoms with E-state index in [0.717, 1.165) is 16.8 Å². The molecular formula is C25H33N3O3. The van der Waals surface area contributed by atoms with E-state index in [9.17, 15) is 15.0 Å². The highest BCUT2D eigenvalue weighted by atomic mass is 16.3. The summed E-state index contributed by atoms with van der Waals surface area (Å²) in [5.41, 5.74) is 1.83. The van der Waals surface area contributed by atoms with Crippen LogP contribution in [0.25, 0.3) is 22.4 Å². The Morgan fingerprint density at radius 1 is 0.871 bits per heavy atom. The maximum Gasteiger partial charge on any atom is 0.259 e. The largest absolute Gasteiger partial charge is 0.505 e. The quantitative estimate of drug-likeness (QED) is 0.403. The average Bonchev–Trinajstić information content (AvgIpc) is 3.12. The van der Waals surface area contributed by atoms with Crippen LogP contribution in [0.3, 0.4) is 0 Å². The lowest BCUT2D eigenvalue weighted by atomic mass is 9.59. The lowest BCUT2D eigenvalue weighted by molar-refractivity contribution is 0.123. The van der Waals surface area contributed by atoms with Crippen LogP contribution in [0.2, 0.25) is 0 Å². The second kappa shape index (κ2) is 5.93. The molecule has 1 aliphatic rings. The molecule has 166 valence electrons. The first-order valence-corrected chi connectivity index (χ1v) is 10.8. The monoisotopic (exact) mass is 423 g/mol. The number of phenols is 2. The van der Waals surface area contributed by atoms with E-state index in [1.54, 1.807) is 6.07 Å². The SMILES string of the molecule is CC(C)(C)c1ccc(-c2nc3c(O)c4c(c(O)c3[nH]2)C(C)(C)C(C)(C)C4(C)C)c(=O)[nH]1. The molecule has 1 aliphatic carbocycles. The van der Waals surface area contributed by atoms with E-state index in [4.69, 9.17) is 0 Å². The Balaban J connectivity index is 2.00. The summed E-state index contributed by atoms with van der Waals surface area (Å²) < 4.78 is 0. The number of hydrogen-bond acceptors (Lipinski definition) is 4. The van der Waals surface area contributed by atoms with E-state index >= 15 is 0 Å². The minimum atomic E-state index is -0.396. The maximum atomic E-state index is 12.8. The minimum absolute atomic E-state index is 0.0664. The highest BCUT2D eigenvalue weighted by molar-refractivity contribution is 5.94. The number of hydrogen-bond donors (Lipinski definition) is 4. The molecule has 0 spiro atoms. The Hall–Kier alpha value is -2.76. The van der Waals surface area contributed by atoms with Crippen LogP contribution < -0.4 is 5.56 Å². The predicted molar refractivity (Wildman–Crippen MR) is 124 cm³/mol. The van der Waals surface area contributed by atoms with Crippen LogP contribution in [-0.2, 0) is 16.2 Å². The van der Waals surface area contributed by atoms with Crippen LogP contribution in [0.15, 0.2) is 16.9 Å². The van der Waals surface area contributed by atoms with E-state index in [1.807, 2.05) is 26.8 Å². The number of aromatic hydroxyl groups is 2. The second-order valence-electron chi connectivity index (χ2n) is 11.5. The Morgan fingerprint density at radius 2 is 1.42 bits per heavy atom. The molecule has 4 N–H and O–H groups in total. The fourth-order valence-corrected chi connectivity index (χ4v) is 5.04. The third kappa shape index (κ3) is 2.57. The fourth-order valence-electron chi connectivity index (χ4n) is 5.04. The van der Waals surface area contributed by atoms with Crippen LogP contribution in [0.4, 0.5) is 0 Å². The molecule has 0 radical (unpaired) electrons. The number of imidazole rings is 1. The van der Waals surface area contributed by atoms with Gasteiger partial charge in [0.25, 0.3) is 5.56 Å². The Kier molecular flexibility index (Phi) is 4.11. The van der Waals surface area contributed by atoms with Crippen LogP contribution >= 0.6 is 0 Å². The van der Waals surface area contributed by atoms with Crippen molar-refractivity contribution in [3.8, 4) is 22.9 Å². The number of phenolic OH excluding ortho intramolecular Hbond substituents is 2. The zero-order valence-electron chi connectivity index (χ0n) is 19.9. The highest BCUT2D eigenvalue weighted by Crippen LogP contribution is 2.66. The van der Waals surface area contributed by atoms with Crippen LogP contribution in [0.5, 0.6) is 11.5 Å². The molecule has 31 heavy (non-hydrogen) atoms. The average molecular weight is 424 g/mol. The van der Waals surface area contributed by atoms with Crippen molar-refractivity contribution in [1.29, 1.82) is 0 Å². The third-order valence-electron chi connectivity index (χ3n) is 8.24. The molecule has 1 aromatic carbocycles. The molecule has 0 unspecified atom stereocenters. The molecule has 0 saturated heterocycles. The first-order valence-electron chi connectivity index (χ1n) is 10.8. The number of nitrogens with zero attached hydrogens (tertiary/aromatic N) is 1. The van der Waals surface area contributed by atoms with E-state index in [-0.39, 0.29) is 33.4 Å². The zero-order valence-corrected chi connectivity index (χ0v) is 19.9. The summed E-state index contributed by atoms with van der Waals surface area (Å²) >= 11 is 0. The van der Waals surface area contributed by atoms with E-state index in [2.05, 4.69) is 56.5 Å². The number of pyridine rings is 1. The molecule has 4 rings (SSSR count). The fraction of sp³-hybridized carbons (Fsp3) is 0.520. The molecule has 0 amide bonds. The molecule has 0 saturated carbocycles. The summed E-state index contributed by atoms with van der Waals surface area (Å²) in [5.74, 6) is 0.477. The maximum absolute atomic E-state index is 12.8. The molecular weight excluding hydrogens is 390 g/mol. The molecule has 6 heteroatoms. The Morgan fingerprint density at radius 3 is 1.94 bits per heavy atom. The van der Waals surface area contributed by atoms with Gasteiger partial charge in [-0.3, -0.25) is 4.79 Å². The van der Waals surface area contributed by atoms with Gasteiger partial charge in [0.05, 0.1) is 5.56 Å². The van der Waals surface area contributed by atoms with Crippen molar-refractivity contribution in [1.82, 2.24) is 15.0 Å². The number of rotatable bonds is 1. The molecule has 2 heterocycles. The van der Waals surface area contributed by atoms with Crippen LogP contribution in [-0.4, -0.2) is 25.2 Å². The number of benzene rings is 1. The first-order chi connectivity index (χ1) is 14.0. The molecule has 0 aliphatic heterocycles. The van der Waals surface area contributed by atoms with Crippen molar-refractivity contribution in [3.05, 3.63) is 39.3 Å². The van der Waals surface area contributed by atoms with Crippen molar-refractivity contribution >= 4 is 11.0 Å². The Bertz CT molecular complexity index is 1220. The van der Waals surface area contributed by atoms with E-state index < -0.39 is 10.8 Å². The van der Waals surface area contributed by atoms with Gasteiger partial charge in [0.2, 0.25) is 0 Å². The van der Waals surface area contributed by atoms with Gasteiger partial charge in [-0.25, -0.2) is 4.98 Å². The van der Waals surface area contributed by atoms with Crippen molar-refractivity contribution in [2.45, 2.75) is 78.6 Å². The minimum Gasteiger partial charge on any atom is -0.505 e. The normalized spacial score (nSPS) is 19.0.